The molecule has 0 N–H and O–H groups in total. The molecule has 0 saturated heterocycles. The van der Waals surface area contributed by atoms with Crippen molar-refractivity contribution < 1.29 is 14.3 Å². The Morgan fingerprint density at radius 2 is 1.81 bits per heavy atom. The van der Waals surface area contributed by atoms with Gasteiger partial charge in [0.05, 0.1) is 12.7 Å². The molecular formula is C12H19NO3. The lowest BCUT2D eigenvalue weighted by molar-refractivity contribution is -0.150. The van der Waals surface area contributed by atoms with Gasteiger partial charge in [0, 0.05) is 5.92 Å². The van der Waals surface area contributed by atoms with Crippen molar-refractivity contribution in [3.8, 4) is 6.07 Å². The van der Waals surface area contributed by atoms with Gasteiger partial charge in [0.2, 0.25) is 5.92 Å². The third-order valence-corrected chi connectivity index (χ3v) is 2.49. The van der Waals surface area contributed by atoms with Gasteiger partial charge in [-0.25, -0.2) is 0 Å². The highest BCUT2D eigenvalue weighted by molar-refractivity contribution is 6.02. The van der Waals surface area contributed by atoms with E-state index in [1.165, 1.54) is 0 Å². The highest BCUT2D eigenvalue weighted by Gasteiger charge is 2.31. The molecule has 0 heterocycles. The maximum absolute atomic E-state index is 11.8. The van der Waals surface area contributed by atoms with Crippen LogP contribution in [0.5, 0.6) is 0 Å². The fourth-order valence-corrected chi connectivity index (χ4v) is 1.45. The van der Waals surface area contributed by atoms with Crippen LogP contribution in [0.3, 0.4) is 0 Å². The first-order valence-electron chi connectivity index (χ1n) is 5.72. The van der Waals surface area contributed by atoms with Crippen LogP contribution in [0.2, 0.25) is 0 Å². The van der Waals surface area contributed by atoms with E-state index in [0.717, 1.165) is 0 Å². The normalized spacial score (nSPS) is 11.9. The molecule has 0 aromatic heterocycles. The van der Waals surface area contributed by atoms with Gasteiger partial charge in [0.15, 0.2) is 5.78 Å². The van der Waals surface area contributed by atoms with E-state index < -0.39 is 11.9 Å². The number of nitrogens with zero attached hydrogens (tertiary/aromatic N) is 1. The summed E-state index contributed by atoms with van der Waals surface area (Å²) in [5.41, 5.74) is 0. The standard InChI is InChI=1S/C12H19NO3/c1-4-7-16-12(15)10(8-13)11(14)9(5-2)6-3/h9-10H,4-7H2,1-3H3. The molecule has 0 saturated carbocycles. The molecule has 0 aromatic rings. The largest absolute Gasteiger partial charge is 0.464 e. The summed E-state index contributed by atoms with van der Waals surface area (Å²) in [6, 6.07) is 1.74. The Hall–Kier alpha value is -1.37. The zero-order chi connectivity index (χ0) is 12.6. The van der Waals surface area contributed by atoms with Crippen molar-refractivity contribution in [3.63, 3.8) is 0 Å². The van der Waals surface area contributed by atoms with Crippen LogP contribution in [0, 0.1) is 23.2 Å². The molecule has 0 amide bonds. The predicted molar refractivity (Wildman–Crippen MR) is 59.4 cm³/mol. The van der Waals surface area contributed by atoms with Crippen LogP contribution in [0.1, 0.15) is 40.0 Å². The lowest BCUT2D eigenvalue weighted by atomic mass is 9.90. The first-order chi connectivity index (χ1) is 7.62. The molecule has 0 radical (unpaired) electrons. The van der Waals surface area contributed by atoms with E-state index in [0.29, 0.717) is 19.3 Å². The first-order valence-corrected chi connectivity index (χ1v) is 5.72. The molecule has 4 nitrogen and oxygen atoms in total. The average molecular weight is 225 g/mol. The van der Waals surface area contributed by atoms with Gasteiger partial charge in [-0.2, -0.15) is 5.26 Å². The van der Waals surface area contributed by atoms with E-state index in [-0.39, 0.29) is 18.3 Å². The van der Waals surface area contributed by atoms with Gasteiger partial charge in [-0.15, -0.1) is 0 Å². The van der Waals surface area contributed by atoms with Gasteiger partial charge < -0.3 is 4.74 Å². The van der Waals surface area contributed by atoms with Gasteiger partial charge in [0.25, 0.3) is 0 Å². The van der Waals surface area contributed by atoms with E-state index in [1.54, 1.807) is 6.07 Å². The molecule has 0 aliphatic rings. The van der Waals surface area contributed by atoms with Crippen LogP contribution in [-0.4, -0.2) is 18.4 Å². The summed E-state index contributed by atoms with van der Waals surface area (Å²) in [6.07, 6.45) is 1.98. The summed E-state index contributed by atoms with van der Waals surface area (Å²) in [5.74, 6) is -2.50. The van der Waals surface area contributed by atoms with Crippen molar-refractivity contribution in [2.45, 2.75) is 40.0 Å². The van der Waals surface area contributed by atoms with Crippen molar-refractivity contribution in [1.29, 1.82) is 5.26 Å². The van der Waals surface area contributed by atoms with E-state index in [4.69, 9.17) is 10.00 Å². The van der Waals surface area contributed by atoms with Gasteiger partial charge in [0.1, 0.15) is 0 Å². The van der Waals surface area contributed by atoms with E-state index >= 15 is 0 Å². The molecule has 90 valence electrons. The summed E-state index contributed by atoms with van der Waals surface area (Å²) >= 11 is 0. The number of carbonyl (C=O) groups excluding carboxylic acids is 2. The third kappa shape index (κ3) is 4.01. The second kappa shape index (κ2) is 7.86. The maximum Gasteiger partial charge on any atom is 0.331 e. The van der Waals surface area contributed by atoms with Crippen molar-refractivity contribution in [2.24, 2.45) is 11.8 Å². The number of rotatable bonds is 7. The Balaban J connectivity index is 4.55. The molecular weight excluding hydrogens is 206 g/mol. The first kappa shape index (κ1) is 14.6. The number of ether oxygens (including phenoxy) is 1. The van der Waals surface area contributed by atoms with Crippen LogP contribution in [0.4, 0.5) is 0 Å². The SMILES string of the molecule is CCCOC(=O)C(C#N)C(=O)C(CC)CC. The van der Waals surface area contributed by atoms with Gasteiger partial charge in [-0.05, 0) is 19.3 Å². The molecule has 0 aromatic carbocycles. The van der Waals surface area contributed by atoms with Crippen molar-refractivity contribution in [3.05, 3.63) is 0 Å². The van der Waals surface area contributed by atoms with Crippen molar-refractivity contribution >= 4 is 11.8 Å². The van der Waals surface area contributed by atoms with Crippen LogP contribution in [0.25, 0.3) is 0 Å². The van der Waals surface area contributed by atoms with Crippen LogP contribution >= 0.6 is 0 Å². The second-order valence-corrected chi connectivity index (χ2v) is 3.65. The summed E-state index contributed by atoms with van der Waals surface area (Å²) in [4.78, 5) is 23.3. The second-order valence-electron chi connectivity index (χ2n) is 3.65. The molecule has 1 atom stereocenters. The van der Waals surface area contributed by atoms with Crippen molar-refractivity contribution in [2.75, 3.05) is 6.61 Å². The molecule has 16 heavy (non-hydrogen) atoms. The molecule has 0 fully saturated rings. The minimum atomic E-state index is -1.25. The Labute approximate surface area is 96.6 Å². The predicted octanol–water partition coefficient (Wildman–Crippen LogP) is 2.08. The van der Waals surface area contributed by atoms with Crippen molar-refractivity contribution in [1.82, 2.24) is 0 Å². The fraction of sp³-hybridized carbons (Fsp3) is 0.750. The molecule has 0 spiro atoms. The molecule has 0 aliphatic heterocycles. The number of esters is 1. The molecule has 1 unspecified atom stereocenters. The zero-order valence-electron chi connectivity index (χ0n) is 10.2. The van der Waals surface area contributed by atoms with E-state index in [9.17, 15) is 9.59 Å². The number of carbonyl (C=O) groups is 2. The van der Waals surface area contributed by atoms with Gasteiger partial charge in [-0.3, -0.25) is 9.59 Å². The van der Waals surface area contributed by atoms with E-state index in [1.807, 2.05) is 20.8 Å². The fourth-order valence-electron chi connectivity index (χ4n) is 1.45. The average Bonchev–Trinajstić information content (AvgIpc) is 2.29. The van der Waals surface area contributed by atoms with Crippen LogP contribution in [-0.2, 0) is 14.3 Å². The number of hydrogen-bond acceptors (Lipinski definition) is 4. The number of Topliss-reactive ketones (excluding diaryl/α,β-unsaturated/α-hetero) is 1. The highest BCUT2D eigenvalue weighted by Crippen LogP contribution is 2.16. The number of hydrogen-bond donors (Lipinski definition) is 0. The van der Waals surface area contributed by atoms with E-state index in [2.05, 4.69) is 0 Å². The summed E-state index contributed by atoms with van der Waals surface area (Å²) in [6.45, 7) is 5.86. The van der Waals surface area contributed by atoms with Gasteiger partial charge in [-0.1, -0.05) is 20.8 Å². The molecule has 4 heteroatoms. The minimum Gasteiger partial charge on any atom is -0.464 e. The van der Waals surface area contributed by atoms with Crippen LogP contribution < -0.4 is 0 Å². The highest BCUT2D eigenvalue weighted by atomic mass is 16.5. The minimum absolute atomic E-state index is 0.223. The summed E-state index contributed by atoms with van der Waals surface area (Å²) in [5, 5.41) is 8.83. The number of ketones is 1. The Morgan fingerprint density at radius 1 is 1.25 bits per heavy atom. The molecule has 0 rings (SSSR count). The topological polar surface area (TPSA) is 67.2 Å². The Morgan fingerprint density at radius 3 is 2.19 bits per heavy atom. The number of nitriles is 1. The van der Waals surface area contributed by atoms with Crippen LogP contribution in [0.15, 0.2) is 0 Å². The summed E-state index contributed by atoms with van der Waals surface area (Å²) in [7, 11) is 0. The lowest BCUT2D eigenvalue weighted by Gasteiger charge is -2.14. The zero-order valence-corrected chi connectivity index (χ0v) is 10.2. The Bertz CT molecular complexity index is 276. The van der Waals surface area contributed by atoms with Gasteiger partial charge >= 0.3 is 5.97 Å². The Kier molecular flexibility index (Phi) is 7.19. The molecule has 0 aliphatic carbocycles. The third-order valence-electron chi connectivity index (χ3n) is 2.49. The monoisotopic (exact) mass is 225 g/mol. The molecule has 0 bridgehead atoms. The maximum atomic E-state index is 11.8. The quantitative estimate of drug-likeness (QED) is 0.491. The lowest BCUT2D eigenvalue weighted by Crippen LogP contribution is -2.30. The smallest absolute Gasteiger partial charge is 0.331 e. The summed E-state index contributed by atoms with van der Waals surface area (Å²) < 4.78 is 4.82.